The van der Waals surface area contributed by atoms with Gasteiger partial charge in [-0.3, -0.25) is 4.99 Å². The Morgan fingerprint density at radius 2 is 1.96 bits per heavy atom. The average molecular weight is 390 g/mol. The molecule has 1 aromatic carbocycles. The Hall–Kier alpha value is -2.21. The molecular weight excluding hydrogens is 362 g/mol. The van der Waals surface area contributed by atoms with Crippen molar-refractivity contribution in [2.75, 3.05) is 44.7 Å². The van der Waals surface area contributed by atoms with Gasteiger partial charge in [0.05, 0.1) is 5.69 Å². The van der Waals surface area contributed by atoms with Crippen molar-refractivity contribution in [3.05, 3.63) is 45.8 Å². The van der Waals surface area contributed by atoms with Gasteiger partial charge in [0.1, 0.15) is 5.76 Å². The van der Waals surface area contributed by atoms with Crippen LogP contribution < -0.4 is 10.2 Å². The van der Waals surface area contributed by atoms with Gasteiger partial charge in [-0.15, -0.1) is 0 Å². The minimum absolute atomic E-state index is 0.787. The highest BCUT2D eigenvalue weighted by Gasteiger charge is 2.21. The lowest BCUT2D eigenvalue weighted by atomic mass is 10.1. The largest absolute Gasteiger partial charge is 0.368 e. The molecule has 0 spiro atoms. The van der Waals surface area contributed by atoms with Crippen molar-refractivity contribution >= 4 is 23.2 Å². The number of aryl methyl sites for hydroxylation is 3. The summed E-state index contributed by atoms with van der Waals surface area (Å²) in [5, 5.41) is 8.28. The molecular formula is C20H28ClN5O. The lowest BCUT2D eigenvalue weighted by Gasteiger charge is -2.38. The monoisotopic (exact) mass is 389 g/mol. The van der Waals surface area contributed by atoms with Crippen molar-refractivity contribution in [1.29, 1.82) is 0 Å². The van der Waals surface area contributed by atoms with Crippen LogP contribution in [0.4, 0.5) is 5.69 Å². The Morgan fingerprint density at radius 3 is 2.59 bits per heavy atom. The molecule has 7 heteroatoms. The molecule has 1 N–H and O–H groups in total. The summed E-state index contributed by atoms with van der Waals surface area (Å²) in [5.74, 6) is 1.85. The van der Waals surface area contributed by atoms with Crippen LogP contribution in [-0.2, 0) is 6.42 Å². The fourth-order valence-electron chi connectivity index (χ4n) is 3.57. The molecule has 27 heavy (non-hydrogen) atoms. The summed E-state index contributed by atoms with van der Waals surface area (Å²) >= 11 is 6.18. The lowest BCUT2D eigenvalue weighted by Crippen LogP contribution is -2.53. The molecule has 0 aliphatic carbocycles. The first-order valence-corrected chi connectivity index (χ1v) is 9.76. The van der Waals surface area contributed by atoms with Crippen molar-refractivity contribution in [2.45, 2.75) is 27.2 Å². The number of piperazine rings is 1. The van der Waals surface area contributed by atoms with Crippen LogP contribution >= 0.6 is 11.6 Å². The van der Waals surface area contributed by atoms with E-state index in [0.29, 0.717) is 0 Å². The molecule has 3 rings (SSSR count). The van der Waals surface area contributed by atoms with Gasteiger partial charge in [-0.2, -0.15) is 0 Å². The fraction of sp³-hybridized carbons (Fsp3) is 0.500. The van der Waals surface area contributed by atoms with E-state index in [1.54, 1.807) is 0 Å². The second-order valence-electron chi connectivity index (χ2n) is 6.93. The van der Waals surface area contributed by atoms with Crippen molar-refractivity contribution in [3.8, 4) is 0 Å². The smallest absolute Gasteiger partial charge is 0.193 e. The number of nitrogens with zero attached hydrogens (tertiary/aromatic N) is 4. The molecule has 1 aliphatic heterocycles. The van der Waals surface area contributed by atoms with Gasteiger partial charge >= 0.3 is 0 Å². The van der Waals surface area contributed by atoms with Crippen LogP contribution in [0.3, 0.4) is 0 Å². The Morgan fingerprint density at radius 1 is 1.22 bits per heavy atom. The van der Waals surface area contributed by atoms with Crippen LogP contribution in [0.1, 0.15) is 22.6 Å². The quantitative estimate of drug-likeness (QED) is 0.642. The summed E-state index contributed by atoms with van der Waals surface area (Å²) in [5.41, 5.74) is 4.63. The highest BCUT2D eigenvalue weighted by molar-refractivity contribution is 6.30. The molecule has 6 nitrogen and oxygen atoms in total. The summed E-state index contributed by atoms with van der Waals surface area (Å²) in [6, 6.07) is 6.09. The first-order valence-electron chi connectivity index (χ1n) is 9.38. The zero-order chi connectivity index (χ0) is 19.4. The van der Waals surface area contributed by atoms with E-state index in [4.69, 9.17) is 16.1 Å². The molecule has 2 heterocycles. The molecule has 1 aromatic heterocycles. The molecule has 0 atom stereocenters. The minimum atomic E-state index is 0.787. The second-order valence-corrected chi connectivity index (χ2v) is 7.37. The Labute approximate surface area is 166 Å². The fourth-order valence-corrected chi connectivity index (χ4v) is 3.74. The average Bonchev–Trinajstić information content (AvgIpc) is 2.99. The number of halogens is 1. The van der Waals surface area contributed by atoms with Gasteiger partial charge in [-0.25, -0.2) is 0 Å². The maximum atomic E-state index is 6.18. The first kappa shape index (κ1) is 19.5. The van der Waals surface area contributed by atoms with E-state index in [-0.39, 0.29) is 0 Å². The third-order valence-electron chi connectivity index (χ3n) is 5.14. The van der Waals surface area contributed by atoms with E-state index >= 15 is 0 Å². The van der Waals surface area contributed by atoms with Crippen molar-refractivity contribution < 1.29 is 4.52 Å². The maximum Gasteiger partial charge on any atom is 0.193 e. The van der Waals surface area contributed by atoms with Gasteiger partial charge in [0, 0.05) is 56.0 Å². The SMILES string of the molecule is CN=C(NCCc1c(C)noc1C)N1CCN(c2cc(Cl)ccc2C)CC1. The molecule has 2 aromatic rings. The molecule has 1 fully saturated rings. The van der Waals surface area contributed by atoms with E-state index in [1.165, 1.54) is 16.8 Å². The Kier molecular flexibility index (Phi) is 6.26. The number of benzene rings is 1. The summed E-state index contributed by atoms with van der Waals surface area (Å²) in [7, 11) is 1.84. The van der Waals surface area contributed by atoms with Gasteiger partial charge in [0.2, 0.25) is 0 Å². The Bertz CT molecular complexity index is 789. The van der Waals surface area contributed by atoms with E-state index in [2.05, 4.69) is 44.3 Å². The normalized spacial score (nSPS) is 15.4. The molecule has 146 valence electrons. The molecule has 0 saturated carbocycles. The third-order valence-corrected chi connectivity index (χ3v) is 5.38. The lowest BCUT2D eigenvalue weighted by molar-refractivity contribution is 0.372. The number of guanidine groups is 1. The second kappa shape index (κ2) is 8.65. The number of aliphatic imine (C=N–C) groups is 1. The standard InChI is InChI=1S/C20H28ClN5O/c1-14-5-6-17(21)13-19(14)25-9-11-26(12-10-25)20(22-4)23-8-7-18-15(2)24-27-16(18)3/h5-6,13H,7-12H2,1-4H3,(H,22,23). The molecule has 1 aliphatic rings. The molecule has 1 saturated heterocycles. The first-order chi connectivity index (χ1) is 13.0. The number of rotatable bonds is 4. The third kappa shape index (κ3) is 4.56. The van der Waals surface area contributed by atoms with Crippen molar-refractivity contribution in [2.24, 2.45) is 4.99 Å². The van der Waals surface area contributed by atoms with Gasteiger partial charge in [-0.1, -0.05) is 22.8 Å². The molecule has 0 bridgehead atoms. The van der Waals surface area contributed by atoms with Crippen LogP contribution in [-0.4, -0.2) is 55.8 Å². The van der Waals surface area contributed by atoms with E-state index < -0.39 is 0 Å². The van der Waals surface area contributed by atoms with Crippen molar-refractivity contribution in [1.82, 2.24) is 15.4 Å². The highest BCUT2D eigenvalue weighted by Crippen LogP contribution is 2.25. The Balaban J connectivity index is 1.53. The highest BCUT2D eigenvalue weighted by atomic mass is 35.5. The molecule has 0 radical (unpaired) electrons. The summed E-state index contributed by atoms with van der Waals surface area (Å²) in [6.07, 6.45) is 0.877. The van der Waals surface area contributed by atoms with E-state index in [1.807, 2.05) is 27.0 Å². The van der Waals surface area contributed by atoms with Crippen LogP contribution in [0, 0.1) is 20.8 Å². The van der Waals surface area contributed by atoms with Crippen molar-refractivity contribution in [3.63, 3.8) is 0 Å². The number of anilines is 1. The van der Waals surface area contributed by atoms with Crippen LogP contribution in [0.5, 0.6) is 0 Å². The predicted molar refractivity (Wildman–Crippen MR) is 111 cm³/mol. The van der Waals surface area contributed by atoms with Gasteiger partial charge in [0.25, 0.3) is 0 Å². The van der Waals surface area contributed by atoms with Gasteiger partial charge < -0.3 is 19.6 Å². The van der Waals surface area contributed by atoms with E-state index in [9.17, 15) is 0 Å². The summed E-state index contributed by atoms with van der Waals surface area (Å²) < 4.78 is 5.23. The van der Waals surface area contributed by atoms with Gasteiger partial charge in [0.15, 0.2) is 5.96 Å². The zero-order valence-corrected chi connectivity index (χ0v) is 17.3. The minimum Gasteiger partial charge on any atom is -0.368 e. The summed E-state index contributed by atoms with van der Waals surface area (Å²) in [4.78, 5) is 9.16. The van der Waals surface area contributed by atoms with Crippen LogP contribution in [0.25, 0.3) is 0 Å². The molecule has 0 amide bonds. The topological polar surface area (TPSA) is 56.9 Å². The number of nitrogens with one attached hydrogen (secondary N) is 1. The maximum absolute atomic E-state index is 6.18. The summed E-state index contributed by atoms with van der Waals surface area (Å²) in [6.45, 7) is 10.6. The van der Waals surface area contributed by atoms with Crippen LogP contribution in [0.15, 0.2) is 27.7 Å². The van der Waals surface area contributed by atoms with E-state index in [0.717, 1.165) is 61.6 Å². The number of hydrogen-bond donors (Lipinski definition) is 1. The molecule has 0 unspecified atom stereocenters. The predicted octanol–water partition coefficient (Wildman–Crippen LogP) is 3.19. The van der Waals surface area contributed by atoms with Gasteiger partial charge in [-0.05, 0) is 44.9 Å². The number of hydrogen-bond acceptors (Lipinski definition) is 4. The van der Waals surface area contributed by atoms with Crippen LogP contribution in [0.2, 0.25) is 5.02 Å². The zero-order valence-electron chi connectivity index (χ0n) is 16.5. The number of aromatic nitrogens is 1.